The summed E-state index contributed by atoms with van der Waals surface area (Å²) < 4.78 is 40.2. The van der Waals surface area contributed by atoms with E-state index < -0.39 is 23.9 Å². The van der Waals surface area contributed by atoms with E-state index in [1.165, 1.54) is 24.3 Å². The van der Waals surface area contributed by atoms with Crippen molar-refractivity contribution in [3.05, 3.63) is 29.8 Å². The number of amides is 1. The van der Waals surface area contributed by atoms with Crippen LogP contribution in [0.5, 0.6) is 0 Å². The molecule has 0 spiro atoms. The molecule has 1 saturated carbocycles. The third-order valence-corrected chi connectivity index (χ3v) is 3.63. The number of anilines is 1. The SMILES string of the molecule is CC(CC(=O)NC1CC1)(c1ccc(N)cc1)C(F)(F)F. The highest BCUT2D eigenvalue weighted by molar-refractivity contribution is 5.78. The summed E-state index contributed by atoms with van der Waals surface area (Å²) in [5, 5.41) is 2.60. The number of halogens is 3. The highest BCUT2D eigenvalue weighted by Gasteiger charge is 2.53. The molecule has 1 unspecified atom stereocenters. The minimum Gasteiger partial charge on any atom is -0.399 e. The zero-order valence-electron chi connectivity index (χ0n) is 11.1. The van der Waals surface area contributed by atoms with Gasteiger partial charge in [0, 0.05) is 18.2 Å². The predicted molar refractivity (Wildman–Crippen MR) is 70.0 cm³/mol. The third kappa shape index (κ3) is 3.05. The molecule has 3 nitrogen and oxygen atoms in total. The van der Waals surface area contributed by atoms with Crippen molar-refractivity contribution in [3.63, 3.8) is 0 Å². The average molecular weight is 286 g/mol. The van der Waals surface area contributed by atoms with Crippen molar-refractivity contribution in [3.8, 4) is 0 Å². The van der Waals surface area contributed by atoms with E-state index in [9.17, 15) is 18.0 Å². The van der Waals surface area contributed by atoms with Crippen LogP contribution in [-0.2, 0) is 10.2 Å². The van der Waals surface area contributed by atoms with Crippen LogP contribution in [0.3, 0.4) is 0 Å². The molecular weight excluding hydrogens is 269 g/mol. The number of nitrogens with one attached hydrogen (secondary N) is 1. The fourth-order valence-electron chi connectivity index (χ4n) is 2.04. The van der Waals surface area contributed by atoms with Gasteiger partial charge in [-0.1, -0.05) is 12.1 Å². The molecule has 0 aliphatic heterocycles. The van der Waals surface area contributed by atoms with E-state index in [0.29, 0.717) is 5.69 Å². The Bertz CT molecular complexity index is 494. The van der Waals surface area contributed by atoms with E-state index in [4.69, 9.17) is 5.73 Å². The van der Waals surface area contributed by atoms with E-state index in [1.54, 1.807) is 0 Å². The molecule has 1 aliphatic rings. The number of carbonyl (C=O) groups excluding carboxylic acids is 1. The second-order valence-corrected chi connectivity index (χ2v) is 5.47. The predicted octanol–water partition coefficient (Wildman–Crippen LogP) is 2.76. The Hall–Kier alpha value is -1.72. The van der Waals surface area contributed by atoms with Crippen LogP contribution in [0.25, 0.3) is 0 Å². The first-order valence-electron chi connectivity index (χ1n) is 6.44. The van der Waals surface area contributed by atoms with Crippen molar-refractivity contribution >= 4 is 11.6 Å². The van der Waals surface area contributed by atoms with Crippen molar-refractivity contribution in [1.29, 1.82) is 0 Å². The first-order valence-corrected chi connectivity index (χ1v) is 6.44. The Kier molecular flexibility index (Phi) is 3.67. The first kappa shape index (κ1) is 14.7. The topological polar surface area (TPSA) is 55.1 Å². The molecule has 6 heteroatoms. The largest absolute Gasteiger partial charge is 0.399 e. The van der Waals surface area contributed by atoms with Gasteiger partial charge < -0.3 is 11.1 Å². The second-order valence-electron chi connectivity index (χ2n) is 5.47. The maximum absolute atomic E-state index is 13.4. The van der Waals surface area contributed by atoms with Gasteiger partial charge in [-0.05, 0) is 37.5 Å². The second kappa shape index (κ2) is 5.00. The number of alkyl halides is 3. The minimum atomic E-state index is -4.51. The van der Waals surface area contributed by atoms with Crippen molar-refractivity contribution in [2.75, 3.05) is 5.73 Å². The van der Waals surface area contributed by atoms with Crippen molar-refractivity contribution in [1.82, 2.24) is 5.32 Å². The van der Waals surface area contributed by atoms with Crippen molar-refractivity contribution in [2.24, 2.45) is 0 Å². The molecule has 1 atom stereocenters. The van der Waals surface area contributed by atoms with Gasteiger partial charge in [0.15, 0.2) is 0 Å². The molecule has 0 aromatic heterocycles. The van der Waals surface area contributed by atoms with Gasteiger partial charge in [-0.3, -0.25) is 4.79 Å². The lowest BCUT2D eigenvalue weighted by Crippen LogP contribution is -2.44. The summed E-state index contributed by atoms with van der Waals surface area (Å²) in [5.41, 5.74) is 3.72. The third-order valence-electron chi connectivity index (χ3n) is 3.63. The van der Waals surface area contributed by atoms with Crippen LogP contribution in [0.15, 0.2) is 24.3 Å². The van der Waals surface area contributed by atoms with E-state index in [-0.39, 0.29) is 11.6 Å². The summed E-state index contributed by atoms with van der Waals surface area (Å²) in [7, 11) is 0. The van der Waals surface area contributed by atoms with Gasteiger partial charge in [-0.25, -0.2) is 0 Å². The fraction of sp³-hybridized carbons (Fsp3) is 0.500. The maximum atomic E-state index is 13.4. The number of hydrogen-bond acceptors (Lipinski definition) is 2. The Labute approximate surface area is 115 Å². The lowest BCUT2D eigenvalue weighted by molar-refractivity contribution is -0.189. The molecule has 1 fully saturated rings. The summed E-state index contributed by atoms with van der Waals surface area (Å²) in [6.07, 6.45) is -3.44. The molecule has 1 aromatic rings. The molecule has 20 heavy (non-hydrogen) atoms. The van der Waals surface area contributed by atoms with Crippen LogP contribution >= 0.6 is 0 Å². The van der Waals surface area contributed by atoms with Gasteiger partial charge >= 0.3 is 6.18 Å². The zero-order valence-corrected chi connectivity index (χ0v) is 11.1. The van der Waals surface area contributed by atoms with Gasteiger partial charge in [0.05, 0.1) is 5.41 Å². The summed E-state index contributed by atoms with van der Waals surface area (Å²) in [6.45, 7) is 1.05. The molecule has 0 heterocycles. The Morgan fingerprint density at radius 3 is 2.30 bits per heavy atom. The molecule has 1 aliphatic carbocycles. The molecule has 1 aromatic carbocycles. The van der Waals surface area contributed by atoms with Gasteiger partial charge in [0.2, 0.25) is 5.91 Å². The monoisotopic (exact) mass is 286 g/mol. The number of benzene rings is 1. The smallest absolute Gasteiger partial charge is 0.398 e. The van der Waals surface area contributed by atoms with Crippen LogP contribution in [0, 0.1) is 0 Å². The van der Waals surface area contributed by atoms with Gasteiger partial charge in [-0.15, -0.1) is 0 Å². The standard InChI is InChI=1S/C14H17F3N2O/c1-13(14(15,16)17,8-12(20)19-11-6-7-11)9-2-4-10(18)5-3-9/h2-5,11H,6-8,18H2,1H3,(H,19,20). The fourth-order valence-corrected chi connectivity index (χ4v) is 2.04. The highest BCUT2D eigenvalue weighted by atomic mass is 19.4. The van der Waals surface area contributed by atoms with E-state index in [0.717, 1.165) is 19.8 Å². The number of hydrogen-bond donors (Lipinski definition) is 2. The van der Waals surface area contributed by atoms with Gasteiger partial charge in [0.1, 0.15) is 0 Å². The Balaban J connectivity index is 2.24. The molecule has 0 saturated heterocycles. The molecule has 2 rings (SSSR count). The Morgan fingerprint density at radius 1 is 1.30 bits per heavy atom. The first-order chi connectivity index (χ1) is 9.22. The highest BCUT2D eigenvalue weighted by Crippen LogP contribution is 2.43. The van der Waals surface area contributed by atoms with Crippen LogP contribution in [0.4, 0.5) is 18.9 Å². The van der Waals surface area contributed by atoms with Crippen molar-refractivity contribution < 1.29 is 18.0 Å². The molecule has 110 valence electrons. The molecule has 1 amide bonds. The van der Waals surface area contributed by atoms with Crippen molar-refractivity contribution in [2.45, 2.75) is 43.8 Å². The number of carbonyl (C=O) groups is 1. The summed E-state index contributed by atoms with van der Waals surface area (Å²) in [4.78, 5) is 11.8. The van der Waals surface area contributed by atoms with Crippen LogP contribution in [0.1, 0.15) is 31.7 Å². The van der Waals surface area contributed by atoms with Crippen LogP contribution in [0.2, 0.25) is 0 Å². The molecule has 0 bridgehead atoms. The maximum Gasteiger partial charge on any atom is 0.398 e. The number of nitrogens with two attached hydrogens (primary N) is 1. The molecule has 0 radical (unpaired) electrons. The number of nitrogen functional groups attached to an aromatic ring is 1. The van der Waals surface area contributed by atoms with E-state index >= 15 is 0 Å². The lowest BCUT2D eigenvalue weighted by Gasteiger charge is -2.32. The summed E-state index contributed by atoms with van der Waals surface area (Å²) in [5.74, 6) is -0.566. The number of rotatable bonds is 4. The zero-order chi connectivity index (χ0) is 15.0. The normalized spacial score (nSPS) is 18.4. The minimum absolute atomic E-state index is 0.0464. The lowest BCUT2D eigenvalue weighted by atomic mass is 9.78. The van der Waals surface area contributed by atoms with Crippen LogP contribution < -0.4 is 11.1 Å². The molecular formula is C14H17F3N2O. The summed E-state index contributed by atoms with van der Waals surface area (Å²) in [6, 6.07) is 5.53. The quantitative estimate of drug-likeness (QED) is 0.836. The molecule has 3 N–H and O–H groups in total. The summed E-state index contributed by atoms with van der Waals surface area (Å²) >= 11 is 0. The van der Waals surface area contributed by atoms with Gasteiger partial charge in [-0.2, -0.15) is 13.2 Å². The van der Waals surface area contributed by atoms with E-state index in [2.05, 4.69) is 5.32 Å². The van der Waals surface area contributed by atoms with E-state index in [1.807, 2.05) is 0 Å². The van der Waals surface area contributed by atoms with Crippen LogP contribution in [-0.4, -0.2) is 18.1 Å². The Morgan fingerprint density at radius 2 is 1.85 bits per heavy atom. The average Bonchev–Trinajstić information content (AvgIpc) is 3.11. The van der Waals surface area contributed by atoms with Gasteiger partial charge in [0.25, 0.3) is 0 Å².